The van der Waals surface area contributed by atoms with Crippen LogP contribution in [0.15, 0.2) is 76.0 Å². The maximum atomic E-state index is 14.0. The fraction of sp³-hybridized carbons (Fsp3) is 0.472. The minimum atomic E-state index is -1.61. The molecule has 262 valence electrons. The topological polar surface area (TPSA) is 125 Å². The number of fused-ring (bicyclic) bond motifs is 1. The molecule has 1 amide bonds. The summed E-state index contributed by atoms with van der Waals surface area (Å²) in [5.74, 6) is -1.92. The van der Waals surface area contributed by atoms with E-state index in [1.807, 2.05) is 6.07 Å². The predicted octanol–water partition coefficient (Wildman–Crippen LogP) is 4.43. The second-order valence-corrected chi connectivity index (χ2v) is 15.4. The average molecular weight is 731 g/mol. The Bertz CT molecular complexity index is 1660. The van der Waals surface area contributed by atoms with Gasteiger partial charge in [-0.05, 0) is 61.8 Å². The monoisotopic (exact) mass is 729 g/mol. The zero-order chi connectivity index (χ0) is 34.8. The van der Waals surface area contributed by atoms with E-state index in [0.717, 1.165) is 38.8 Å². The minimum Gasteiger partial charge on any atom is -0.466 e. The van der Waals surface area contributed by atoms with Crippen molar-refractivity contribution in [2.45, 2.75) is 55.1 Å². The number of aliphatic hydroxyl groups is 1. The number of halogens is 2. The van der Waals surface area contributed by atoms with Gasteiger partial charge in [0.05, 0.1) is 60.4 Å². The molecule has 2 saturated carbocycles. The largest absolute Gasteiger partial charge is 0.466 e. The molecule has 4 aliphatic rings. The normalized spacial score (nSPS) is 26.3. The molecular weight excluding hydrogens is 689 g/mol. The van der Waals surface area contributed by atoms with Crippen LogP contribution in [0.2, 0.25) is 10.0 Å². The number of dihydropyridines is 1. The Labute approximate surface area is 298 Å². The molecule has 2 aliphatic carbocycles. The van der Waals surface area contributed by atoms with Crippen molar-refractivity contribution in [2.75, 3.05) is 46.2 Å². The van der Waals surface area contributed by atoms with Gasteiger partial charge in [0.15, 0.2) is 0 Å². The molecule has 0 aromatic heterocycles. The molecule has 0 spiro atoms. The van der Waals surface area contributed by atoms with E-state index in [4.69, 9.17) is 32.7 Å². The summed E-state index contributed by atoms with van der Waals surface area (Å²) in [5, 5.41) is 13.6. The van der Waals surface area contributed by atoms with Crippen LogP contribution < -0.4 is 5.32 Å². The third-order valence-electron chi connectivity index (χ3n) is 10.4. The van der Waals surface area contributed by atoms with E-state index in [1.165, 1.54) is 14.2 Å². The van der Waals surface area contributed by atoms with E-state index in [9.17, 15) is 23.7 Å². The molecule has 1 saturated heterocycles. The van der Waals surface area contributed by atoms with Gasteiger partial charge in [-0.25, -0.2) is 9.59 Å². The highest BCUT2D eigenvalue weighted by Gasteiger charge is 2.45. The van der Waals surface area contributed by atoms with Crippen LogP contribution in [0.1, 0.15) is 43.6 Å². The standard InChI is InChI=1S/C36H41Cl2N3O7S/c1-47-35(44)32-28(19-30(43)41-13-11-40(12-14-41)23-15-21-17-24(42)18-22(21)16-23)39-29(20-49(46)25-7-4-3-5-8-25)33(36(45)48-2)34(32)31-26(37)9-6-10-27(31)38/h3-10,21-24,34,39,42H,11-20H2,1-2H3. The van der Waals surface area contributed by atoms with Gasteiger partial charge in [-0.1, -0.05) is 47.5 Å². The molecule has 3 fully saturated rings. The highest BCUT2D eigenvalue weighted by molar-refractivity contribution is 7.85. The van der Waals surface area contributed by atoms with Crippen molar-refractivity contribution in [1.82, 2.24) is 15.1 Å². The van der Waals surface area contributed by atoms with Gasteiger partial charge < -0.3 is 24.8 Å². The Balaban J connectivity index is 1.31. The van der Waals surface area contributed by atoms with Crippen molar-refractivity contribution in [3.8, 4) is 0 Å². The van der Waals surface area contributed by atoms with E-state index in [1.54, 1.807) is 47.4 Å². The van der Waals surface area contributed by atoms with Crippen molar-refractivity contribution in [1.29, 1.82) is 0 Å². The number of nitrogens with one attached hydrogen (secondary N) is 1. The first-order chi connectivity index (χ1) is 23.6. The lowest BCUT2D eigenvalue weighted by atomic mass is 9.79. The summed E-state index contributed by atoms with van der Waals surface area (Å²) in [6.07, 6.45) is 3.57. The van der Waals surface area contributed by atoms with E-state index in [0.29, 0.717) is 35.9 Å². The van der Waals surface area contributed by atoms with Crippen molar-refractivity contribution >= 4 is 51.8 Å². The summed E-state index contributed by atoms with van der Waals surface area (Å²) in [4.78, 5) is 46.0. The lowest BCUT2D eigenvalue weighted by Crippen LogP contribution is -2.52. The Morgan fingerprint density at radius 3 is 1.98 bits per heavy atom. The third kappa shape index (κ3) is 7.46. The Kier molecular flexibility index (Phi) is 11.2. The van der Waals surface area contributed by atoms with Crippen LogP contribution in [0.3, 0.4) is 0 Å². The molecule has 0 bridgehead atoms. The molecular formula is C36H41Cl2N3O7S. The number of esters is 2. The number of piperazine rings is 1. The summed E-state index contributed by atoms with van der Waals surface area (Å²) >= 11 is 13.4. The molecule has 2 N–H and O–H groups in total. The number of amides is 1. The number of carbonyl (C=O) groups is 3. The molecule has 4 unspecified atom stereocenters. The number of nitrogens with zero attached hydrogens (tertiary/aromatic N) is 2. The first kappa shape index (κ1) is 35.6. The minimum absolute atomic E-state index is 0.000781. The highest BCUT2D eigenvalue weighted by Crippen LogP contribution is 2.47. The van der Waals surface area contributed by atoms with Crippen molar-refractivity contribution < 1.29 is 33.2 Å². The molecule has 49 heavy (non-hydrogen) atoms. The first-order valence-electron chi connectivity index (χ1n) is 16.6. The van der Waals surface area contributed by atoms with Crippen LogP contribution in [0, 0.1) is 11.8 Å². The zero-order valence-electron chi connectivity index (χ0n) is 27.5. The fourth-order valence-corrected chi connectivity index (χ4v) is 9.81. The van der Waals surface area contributed by atoms with Crippen LogP contribution in [0.5, 0.6) is 0 Å². The number of methoxy groups -OCH3 is 2. The molecule has 10 nitrogen and oxygen atoms in total. The molecule has 2 aromatic rings. The maximum absolute atomic E-state index is 14.0. The number of rotatable bonds is 9. The molecule has 6 rings (SSSR count). The fourth-order valence-electron chi connectivity index (χ4n) is 8.08. The quantitative estimate of drug-likeness (QED) is 0.361. The zero-order valence-corrected chi connectivity index (χ0v) is 29.9. The van der Waals surface area contributed by atoms with Gasteiger partial charge in [-0.3, -0.25) is 13.9 Å². The number of hydrogen-bond acceptors (Lipinski definition) is 9. The molecule has 2 aliphatic heterocycles. The summed E-state index contributed by atoms with van der Waals surface area (Å²) in [6, 6.07) is 14.1. The number of ether oxygens (including phenoxy) is 2. The van der Waals surface area contributed by atoms with Crippen LogP contribution in [-0.4, -0.2) is 95.3 Å². The molecule has 2 aromatic carbocycles. The molecule has 13 heteroatoms. The Morgan fingerprint density at radius 1 is 0.837 bits per heavy atom. The molecule has 2 heterocycles. The van der Waals surface area contributed by atoms with Crippen molar-refractivity contribution in [2.24, 2.45) is 11.8 Å². The van der Waals surface area contributed by atoms with Crippen molar-refractivity contribution in [3.63, 3.8) is 0 Å². The summed E-state index contributed by atoms with van der Waals surface area (Å²) < 4.78 is 24.1. The predicted molar refractivity (Wildman–Crippen MR) is 186 cm³/mol. The summed E-state index contributed by atoms with van der Waals surface area (Å²) in [7, 11) is 0.822. The SMILES string of the molecule is COC(=O)C1=C(CC(=O)N2CCN(C3CC4CC(O)CC4C3)CC2)NC(CS(=O)c2ccccc2)=C(C(=O)OC)C1c1c(Cl)cccc1Cl. The molecule has 0 radical (unpaired) electrons. The van der Waals surface area contributed by atoms with Gasteiger partial charge in [-0.15, -0.1) is 0 Å². The Hall–Kier alpha value is -3.22. The first-order valence-corrected chi connectivity index (χ1v) is 18.6. The summed E-state index contributed by atoms with van der Waals surface area (Å²) in [5.41, 5.74) is 0.713. The van der Waals surface area contributed by atoms with Gasteiger partial charge >= 0.3 is 11.9 Å². The van der Waals surface area contributed by atoms with Crippen molar-refractivity contribution in [3.05, 3.63) is 86.7 Å². The lowest BCUT2D eigenvalue weighted by Gasteiger charge is -2.39. The lowest BCUT2D eigenvalue weighted by molar-refractivity contribution is -0.137. The molecule has 4 atom stereocenters. The van der Waals surface area contributed by atoms with Gasteiger partial charge in [0.2, 0.25) is 5.91 Å². The number of aliphatic hydroxyl groups excluding tert-OH is 1. The van der Waals surface area contributed by atoms with E-state index in [2.05, 4.69) is 10.2 Å². The number of benzene rings is 2. The van der Waals surface area contributed by atoms with Gasteiger partial charge in [0.25, 0.3) is 0 Å². The number of carbonyl (C=O) groups excluding carboxylic acids is 3. The smallest absolute Gasteiger partial charge is 0.336 e. The van der Waals surface area contributed by atoms with Gasteiger partial charge in [-0.2, -0.15) is 0 Å². The van der Waals surface area contributed by atoms with E-state index >= 15 is 0 Å². The van der Waals surface area contributed by atoms with Crippen LogP contribution in [0.25, 0.3) is 0 Å². The van der Waals surface area contributed by atoms with Gasteiger partial charge in [0.1, 0.15) is 0 Å². The summed E-state index contributed by atoms with van der Waals surface area (Å²) in [6.45, 7) is 2.53. The van der Waals surface area contributed by atoms with Crippen LogP contribution >= 0.6 is 23.2 Å². The second-order valence-electron chi connectivity index (χ2n) is 13.1. The Morgan fingerprint density at radius 2 is 1.41 bits per heavy atom. The number of hydrogen-bond donors (Lipinski definition) is 2. The second kappa shape index (κ2) is 15.3. The van der Waals surface area contributed by atoms with E-state index in [-0.39, 0.29) is 62.3 Å². The van der Waals surface area contributed by atoms with Gasteiger partial charge in [0, 0.05) is 64.1 Å². The van der Waals surface area contributed by atoms with Crippen LogP contribution in [0.4, 0.5) is 0 Å². The van der Waals surface area contributed by atoms with E-state index < -0.39 is 28.7 Å². The third-order valence-corrected chi connectivity index (χ3v) is 12.4. The average Bonchev–Trinajstić information content (AvgIpc) is 3.65. The van der Waals surface area contributed by atoms with Crippen LogP contribution in [-0.2, 0) is 34.7 Å². The highest BCUT2D eigenvalue weighted by atomic mass is 35.5. The maximum Gasteiger partial charge on any atom is 0.336 e.